The van der Waals surface area contributed by atoms with E-state index in [-0.39, 0.29) is 5.91 Å². The third-order valence-electron chi connectivity index (χ3n) is 4.95. The van der Waals surface area contributed by atoms with Gasteiger partial charge >= 0.3 is 0 Å². The first-order chi connectivity index (χ1) is 13.5. The Balaban J connectivity index is 1.49. The average molecular weight is 422 g/mol. The molecule has 5 nitrogen and oxygen atoms in total. The molecule has 1 amide bonds. The summed E-state index contributed by atoms with van der Waals surface area (Å²) in [5.41, 5.74) is 2.08. The zero-order valence-corrected chi connectivity index (χ0v) is 17.7. The quantitative estimate of drug-likeness (QED) is 0.710. The Kier molecular flexibility index (Phi) is 7.05. The van der Waals surface area contributed by atoms with E-state index in [0.717, 1.165) is 43.2 Å². The fraction of sp³-hybridized carbons (Fsp3) is 0.381. The summed E-state index contributed by atoms with van der Waals surface area (Å²) >= 11 is 12.3. The molecule has 0 saturated carbocycles. The smallest absolute Gasteiger partial charge is 0.236 e. The highest BCUT2D eigenvalue weighted by molar-refractivity contribution is 6.42. The molecular weight excluding hydrogens is 397 g/mol. The van der Waals surface area contributed by atoms with Crippen LogP contribution in [0.3, 0.4) is 0 Å². The van der Waals surface area contributed by atoms with Crippen molar-refractivity contribution in [2.75, 3.05) is 51.8 Å². The van der Waals surface area contributed by atoms with Crippen LogP contribution in [0.2, 0.25) is 10.0 Å². The van der Waals surface area contributed by atoms with Crippen molar-refractivity contribution in [1.82, 2.24) is 9.80 Å². The summed E-state index contributed by atoms with van der Waals surface area (Å²) in [6.07, 6.45) is 0. The van der Waals surface area contributed by atoms with Gasteiger partial charge in [-0.1, -0.05) is 35.3 Å². The number of piperazine rings is 1. The first-order valence-electron chi connectivity index (χ1n) is 9.26. The summed E-state index contributed by atoms with van der Waals surface area (Å²) in [6.45, 7) is 4.01. The second-order valence-corrected chi connectivity index (χ2v) is 7.74. The number of hydrogen-bond acceptors (Lipinski definition) is 4. The van der Waals surface area contributed by atoms with E-state index in [9.17, 15) is 4.79 Å². The maximum Gasteiger partial charge on any atom is 0.236 e. The van der Waals surface area contributed by atoms with Crippen molar-refractivity contribution in [2.24, 2.45) is 0 Å². The van der Waals surface area contributed by atoms with E-state index in [0.29, 0.717) is 23.1 Å². The highest BCUT2D eigenvalue weighted by Crippen LogP contribution is 2.26. The van der Waals surface area contributed by atoms with Gasteiger partial charge in [0.05, 0.1) is 23.7 Å². The molecule has 0 bridgehead atoms. The van der Waals surface area contributed by atoms with Crippen LogP contribution in [0, 0.1) is 0 Å². The molecule has 7 heteroatoms. The van der Waals surface area contributed by atoms with Crippen LogP contribution in [0.15, 0.2) is 42.5 Å². The molecule has 1 aliphatic rings. The van der Waals surface area contributed by atoms with E-state index < -0.39 is 0 Å². The zero-order valence-electron chi connectivity index (χ0n) is 16.2. The predicted molar refractivity (Wildman–Crippen MR) is 115 cm³/mol. The zero-order chi connectivity index (χ0) is 20.1. The molecule has 2 aromatic rings. The van der Waals surface area contributed by atoms with Crippen LogP contribution in [0.4, 0.5) is 5.69 Å². The van der Waals surface area contributed by atoms with Crippen LogP contribution in [-0.2, 0) is 11.3 Å². The van der Waals surface area contributed by atoms with Crippen molar-refractivity contribution in [1.29, 1.82) is 0 Å². The van der Waals surface area contributed by atoms with Gasteiger partial charge in [-0.05, 0) is 42.9 Å². The van der Waals surface area contributed by atoms with Gasteiger partial charge in [0.1, 0.15) is 5.75 Å². The van der Waals surface area contributed by atoms with E-state index in [1.165, 1.54) is 0 Å². The Hall–Kier alpha value is -1.95. The van der Waals surface area contributed by atoms with Gasteiger partial charge in [-0.15, -0.1) is 0 Å². The molecule has 1 saturated heterocycles. The number of carbonyl (C=O) groups excluding carboxylic acids is 1. The lowest BCUT2D eigenvalue weighted by molar-refractivity contribution is -0.132. The number of anilines is 1. The monoisotopic (exact) mass is 421 g/mol. The van der Waals surface area contributed by atoms with E-state index in [2.05, 4.69) is 17.0 Å². The second-order valence-electron chi connectivity index (χ2n) is 6.95. The molecule has 1 fully saturated rings. The standard InChI is InChI=1S/C21H25Cl2N3O2/c1-24(14-16-4-3-5-19(22)21(16)23)15-20(27)26-12-10-25(11-13-26)17-6-8-18(28-2)9-7-17/h3-9H,10-15H2,1-2H3. The number of carbonyl (C=O) groups is 1. The molecule has 0 radical (unpaired) electrons. The number of ether oxygens (including phenoxy) is 1. The van der Waals surface area contributed by atoms with Crippen molar-refractivity contribution >= 4 is 34.8 Å². The third-order valence-corrected chi connectivity index (χ3v) is 5.80. The molecular formula is C21H25Cl2N3O2. The van der Waals surface area contributed by atoms with Gasteiger partial charge in [0, 0.05) is 38.4 Å². The maximum atomic E-state index is 12.7. The van der Waals surface area contributed by atoms with E-state index in [1.54, 1.807) is 13.2 Å². The number of amides is 1. The molecule has 3 rings (SSSR count). The lowest BCUT2D eigenvalue weighted by Crippen LogP contribution is -2.51. The fourth-order valence-electron chi connectivity index (χ4n) is 3.36. The maximum absolute atomic E-state index is 12.7. The Morgan fingerprint density at radius 1 is 1.07 bits per heavy atom. The third kappa shape index (κ3) is 5.10. The van der Waals surface area contributed by atoms with Crippen LogP contribution >= 0.6 is 23.2 Å². The van der Waals surface area contributed by atoms with Crippen LogP contribution in [0.25, 0.3) is 0 Å². The number of methoxy groups -OCH3 is 1. The van der Waals surface area contributed by atoms with Crippen molar-refractivity contribution in [3.8, 4) is 5.75 Å². The summed E-state index contributed by atoms with van der Waals surface area (Å²) in [7, 11) is 3.58. The molecule has 28 heavy (non-hydrogen) atoms. The molecule has 150 valence electrons. The Morgan fingerprint density at radius 3 is 2.39 bits per heavy atom. The lowest BCUT2D eigenvalue weighted by Gasteiger charge is -2.36. The topological polar surface area (TPSA) is 36.0 Å². The molecule has 1 heterocycles. The van der Waals surface area contributed by atoms with E-state index >= 15 is 0 Å². The Labute approximate surface area is 176 Å². The molecule has 0 aromatic heterocycles. The minimum Gasteiger partial charge on any atom is -0.497 e. The Morgan fingerprint density at radius 2 is 1.75 bits per heavy atom. The number of nitrogens with zero attached hydrogens (tertiary/aromatic N) is 3. The molecule has 0 spiro atoms. The lowest BCUT2D eigenvalue weighted by atomic mass is 10.2. The summed E-state index contributed by atoms with van der Waals surface area (Å²) in [5.74, 6) is 0.982. The summed E-state index contributed by atoms with van der Waals surface area (Å²) in [4.78, 5) is 18.9. The molecule has 0 aliphatic carbocycles. The van der Waals surface area contributed by atoms with Crippen LogP contribution in [0.1, 0.15) is 5.56 Å². The van der Waals surface area contributed by atoms with Crippen LogP contribution < -0.4 is 9.64 Å². The van der Waals surface area contributed by atoms with Gasteiger partial charge in [-0.2, -0.15) is 0 Å². The van der Waals surface area contributed by atoms with Gasteiger partial charge in [0.15, 0.2) is 0 Å². The predicted octanol–water partition coefficient (Wildman–Crippen LogP) is 3.78. The molecule has 1 aliphatic heterocycles. The minimum atomic E-state index is 0.134. The number of hydrogen-bond donors (Lipinski definition) is 0. The first kappa shape index (κ1) is 20.8. The van der Waals surface area contributed by atoms with Gasteiger partial charge < -0.3 is 14.5 Å². The SMILES string of the molecule is COc1ccc(N2CCN(C(=O)CN(C)Cc3cccc(Cl)c3Cl)CC2)cc1. The number of halogens is 2. The summed E-state index contributed by atoms with van der Waals surface area (Å²) < 4.78 is 5.21. The van der Waals surface area contributed by atoms with Gasteiger partial charge in [-0.25, -0.2) is 0 Å². The van der Waals surface area contributed by atoms with Crippen molar-refractivity contribution < 1.29 is 9.53 Å². The van der Waals surface area contributed by atoms with Gasteiger partial charge in [-0.3, -0.25) is 9.69 Å². The first-order valence-corrected chi connectivity index (χ1v) is 10.0. The van der Waals surface area contributed by atoms with E-state index in [4.69, 9.17) is 27.9 Å². The fourth-order valence-corrected chi connectivity index (χ4v) is 3.74. The van der Waals surface area contributed by atoms with Crippen LogP contribution in [-0.4, -0.2) is 62.6 Å². The number of benzene rings is 2. The molecule has 2 aromatic carbocycles. The summed E-state index contributed by atoms with van der Waals surface area (Å²) in [6, 6.07) is 13.6. The molecule has 0 atom stereocenters. The number of likely N-dealkylation sites (N-methyl/N-ethyl adjacent to an activating group) is 1. The second kappa shape index (κ2) is 9.50. The van der Waals surface area contributed by atoms with Gasteiger partial charge in [0.2, 0.25) is 5.91 Å². The number of rotatable bonds is 6. The van der Waals surface area contributed by atoms with Crippen molar-refractivity contribution in [2.45, 2.75) is 6.54 Å². The van der Waals surface area contributed by atoms with Gasteiger partial charge in [0.25, 0.3) is 0 Å². The minimum absolute atomic E-state index is 0.134. The van der Waals surface area contributed by atoms with E-state index in [1.807, 2.05) is 41.1 Å². The van der Waals surface area contributed by atoms with Crippen molar-refractivity contribution in [3.05, 3.63) is 58.1 Å². The largest absolute Gasteiger partial charge is 0.497 e. The average Bonchev–Trinajstić information content (AvgIpc) is 2.71. The summed E-state index contributed by atoms with van der Waals surface area (Å²) in [5, 5.41) is 1.09. The van der Waals surface area contributed by atoms with Crippen molar-refractivity contribution in [3.63, 3.8) is 0 Å². The molecule has 0 N–H and O–H groups in total. The van der Waals surface area contributed by atoms with Crippen LogP contribution in [0.5, 0.6) is 5.75 Å². The highest BCUT2D eigenvalue weighted by atomic mass is 35.5. The Bertz CT molecular complexity index is 806. The normalized spacial score (nSPS) is 14.5. The molecule has 0 unspecified atom stereocenters. The highest BCUT2D eigenvalue weighted by Gasteiger charge is 2.22.